The molecule has 4 nitrogen and oxygen atoms in total. The second kappa shape index (κ2) is 6.84. The number of aromatic nitrogens is 2. The van der Waals surface area contributed by atoms with Gasteiger partial charge in [-0.2, -0.15) is 0 Å². The van der Waals surface area contributed by atoms with Crippen molar-refractivity contribution >= 4 is 22.9 Å². The summed E-state index contributed by atoms with van der Waals surface area (Å²) in [6.07, 6.45) is 0. The van der Waals surface area contributed by atoms with Gasteiger partial charge in [-0.25, -0.2) is 4.98 Å². The van der Waals surface area contributed by atoms with Crippen LogP contribution in [-0.2, 0) is 13.6 Å². The van der Waals surface area contributed by atoms with E-state index < -0.39 is 0 Å². The number of nitrogens with zero attached hydrogens (tertiary/aromatic N) is 3. The monoisotopic (exact) mass is 341 g/mol. The third-order valence-corrected chi connectivity index (χ3v) is 4.45. The molecule has 0 N–H and O–H groups in total. The van der Waals surface area contributed by atoms with Gasteiger partial charge in [0.05, 0.1) is 17.6 Å². The van der Waals surface area contributed by atoms with E-state index in [4.69, 9.17) is 4.98 Å². The molecule has 0 bridgehead atoms. The Kier molecular flexibility index (Phi) is 4.23. The maximum atomic E-state index is 13.3. The largest absolute Gasteiger partial charge is 0.313 e. The molecule has 0 radical (unpaired) electrons. The van der Waals surface area contributed by atoms with E-state index >= 15 is 0 Å². The van der Waals surface area contributed by atoms with E-state index in [0.29, 0.717) is 18.1 Å². The number of para-hydroxylation sites is 2. The van der Waals surface area contributed by atoms with Crippen molar-refractivity contribution in [2.45, 2.75) is 6.54 Å². The average molecular weight is 341 g/mol. The third-order valence-electron chi connectivity index (χ3n) is 4.45. The Morgan fingerprint density at radius 2 is 1.50 bits per heavy atom. The lowest BCUT2D eigenvalue weighted by atomic mass is 10.1. The van der Waals surface area contributed by atoms with Crippen LogP contribution in [0.4, 0.5) is 5.95 Å². The number of hydrogen-bond acceptors (Lipinski definition) is 2. The van der Waals surface area contributed by atoms with Crippen molar-refractivity contribution in [3.8, 4) is 0 Å². The average Bonchev–Trinajstić information content (AvgIpc) is 3.04. The first kappa shape index (κ1) is 16.1. The van der Waals surface area contributed by atoms with Crippen LogP contribution in [0.25, 0.3) is 11.0 Å². The molecule has 128 valence electrons. The highest BCUT2D eigenvalue weighted by Crippen LogP contribution is 2.24. The summed E-state index contributed by atoms with van der Waals surface area (Å²) in [4.78, 5) is 19.7. The number of carbonyl (C=O) groups excluding carboxylic acids is 1. The number of rotatable bonds is 4. The van der Waals surface area contributed by atoms with Crippen LogP contribution in [-0.4, -0.2) is 15.5 Å². The van der Waals surface area contributed by atoms with Crippen molar-refractivity contribution in [1.82, 2.24) is 9.55 Å². The SMILES string of the molecule is Cn1c(N(Cc2ccccc2)C(=O)c2ccccc2)nc2ccccc21. The molecular weight excluding hydrogens is 322 g/mol. The van der Waals surface area contributed by atoms with Crippen LogP contribution in [0.3, 0.4) is 0 Å². The Hall–Kier alpha value is -3.40. The minimum atomic E-state index is -0.0622. The minimum Gasteiger partial charge on any atom is -0.313 e. The summed E-state index contributed by atoms with van der Waals surface area (Å²) in [5, 5.41) is 0. The number of benzene rings is 3. The molecule has 4 heteroatoms. The molecule has 0 fully saturated rings. The summed E-state index contributed by atoms with van der Waals surface area (Å²) in [5.74, 6) is 0.580. The van der Waals surface area contributed by atoms with Gasteiger partial charge in [0, 0.05) is 12.6 Å². The highest BCUT2D eigenvalue weighted by molar-refractivity contribution is 6.05. The van der Waals surface area contributed by atoms with Crippen molar-refractivity contribution < 1.29 is 4.79 Å². The van der Waals surface area contributed by atoms with Gasteiger partial charge in [-0.3, -0.25) is 9.69 Å². The van der Waals surface area contributed by atoms with Crippen molar-refractivity contribution in [3.05, 3.63) is 96.1 Å². The lowest BCUT2D eigenvalue weighted by Crippen LogP contribution is -2.32. The van der Waals surface area contributed by atoms with Crippen LogP contribution >= 0.6 is 0 Å². The fourth-order valence-electron chi connectivity index (χ4n) is 3.11. The van der Waals surface area contributed by atoms with Crippen molar-refractivity contribution in [1.29, 1.82) is 0 Å². The molecular formula is C22H19N3O. The van der Waals surface area contributed by atoms with Gasteiger partial charge in [-0.15, -0.1) is 0 Å². The molecule has 0 aliphatic rings. The maximum absolute atomic E-state index is 13.3. The van der Waals surface area contributed by atoms with Gasteiger partial charge in [-0.05, 0) is 29.8 Å². The van der Waals surface area contributed by atoms with Gasteiger partial charge in [-0.1, -0.05) is 60.7 Å². The number of aryl methyl sites for hydroxylation is 1. The fraction of sp³-hybridized carbons (Fsp3) is 0.0909. The van der Waals surface area contributed by atoms with Gasteiger partial charge in [0.25, 0.3) is 5.91 Å². The Labute approximate surface area is 152 Å². The Morgan fingerprint density at radius 3 is 2.19 bits per heavy atom. The van der Waals surface area contributed by atoms with Crippen LogP contribution < -0.4 is 4.90 Å². The fourth-order valence-corrected chi connectivity index (χ4v) is 3.11. The van der Waals surface area contributed by atoms with E-state index in [-0.39, 0.29) is 5.91 Å². The van der Waals surface area contributed by atoms with Crippen molar-refractivity contribution in [2.24, 2.45) is 7.05 Å². The molecule has 1 aromatic heterocycles. The van der Waals surface area contributed by atoms with E-state index in [2.05, 4.69) is 0 Å². The van der Waals surface area contributed by atoms with Crippen molar-refractivity contribution in [3.63, 3.8) is 0 Å². The molecule has 0 spiro atoms. The molecule has 3 aromatic carbocycles. The highest BCUT2D eigenvalue weighted by atomic mass is 16.2. The van der Waals surface area contributed by atoms with Gasteiger partial charge in [0.2, 0.25) is 5.95 Å². The van der Waals surface area contributed by atoms with Crippen LogP contribution in [0.5, 0.6) is 0 Å². The molecule has 4 rings (SSSR count). The van der Waals surface area contributed by atoms with Gasteiger partial charge < -0.3 is 4.57 Å². The third kappa shape index (κ3) is 2.97. The molecule has 0 aliphatic heterocycles. The smallest absolute Gasteiger partial charge is 0.260 e. The Morgan fingerprint density at radius 1 is 0.885 bits per heavy atom. The van der Waals surface area contributed by atoms with E-state index in [1.165, 1.54) is 0 Å². The molecule has 0 saturated heterocycles. The summed E-state index contributed by atoms with van der Waals surface area (Å²) in [7, 11) is 1.95. The van der Waals surface area contributed by atoms with Gasteiger partial charge >= 0.3 is 0 Å². The Bertz CT molecular complexity index is 1040. The maximum Gasteiger partial charge on any atom is 0.260 e. The van der Waals surface area contributed by atoms with E-state index in [0.717, 1.165) is 16.6 Å². The molecule has 0 unspecified atom stereocenters. The predicted molar refractivity (Wildman–Crippen MR) is 104 cm³/mol. The standard InChI is InChI=1S/C22H19N3O/c1-24-20-15-9-8-14-19(20)23-22(24)25(16-17-10-4-2-5-11-17)21(26)18-12-6-3-7-13-18/h2-15H,16H2,1H3. The molecule has 1 heterocycles. The highest BCUT2D eigenvalue weighted by Gasteiger charge is 2.23. The van der Waals surface area contributed by atoms with Crippen LogP contribution in [0, 0.1) is 0 Å². The quantitative estimate of drug-likeness (QED) is 0.551. The van der Waals surface area contributed by atoms with E-state index in [1.807, 2.05) is 96.5 Å². The van der Waals surface area contributed by atoms with Gasteiger partial charge in [0.1, 0.15) is 0 Å². The zero-order chi connectivity index (χ0) is 17.9. The number of fused-ring (bicyclic) bond motifs is 1. The number of anilines is 1. The summed E-state index contributed by atoms with van der Waals surface area (Å²) in [6, 6.07) is 27.2. The van der Waals surface area contributed by atoms with E-state index in [9.17, 15) is 4.79 Å². The lowest BCUT2D eigenvalue weighted by molar-refractivity contribution is 0.0983. The first-order chi connectivity index (χ1) is 12.7. The summed E-state index contributed by atoms with van der Waals surface area (Å²) in [6.45, 7) is 0.464. The first-order valence-corrected chi connectivity index (χ1v) is 8.56. The number of hydrogen-bond donors (Lipinski definition) is 0. The second-order valence-electron chi connectivity index (χ2n) is 6.20. The van der Waals surface area contributed by atoms with Crippen molar-refractivity contribution in [2.75, 3.05) is 4.90 Å². The first-order valence-electron chi connectivity index (χ1n) is 8.56. The zero-order valence-corrected chi connectivity index (χ0v) is 14.5. The topological polar surface area (TPSA) is 38.1 Å². The molecule has 0 saturated carbocycles. The molecule has 0 atom stereocenters. The molecule has 0 aliphatic carbocycles. The predicted octanol–water partition coefficient (Wildman–Crippen LogP) is 4.42. The lowest BCUT2D eigenvalue weighted by Gasteiger charge is -2.22. The number of imidazole rings is 1. The molecule has 26 heavy (non-hydrogen) atoms. The minimum absolute atomic E-state index is 0.0622. The number of amides is 1. The van der Waals surface area contributed by atoms with Crippen LogP contribution in [0.1, 0.15) is 15.9 Å². The second-order valence-corrected chi connectivity index (χ2v) is 6.20. The zero-order valence-electron chi connectivity index (χ0n) is 14.5. The van der Waals surface area contributed by atoms with Crippen LogP contribution in [0.15, 0.2) is 84.9 Å². The normalized spacial score (nSPS) is 10.8. The van der Waals surface area contributed by atoms with Crippen LogP contribution in [0.2, 0.25) is 0 Å². The molecule has 4 aromatic rings. The van der Waals surface area contributed by atoms with Gasteiger partial charge in [0.15, 0.2) is 0 Å². The summed E-state index contributed by atoms with van der Waals surface area (Å²) >= 11 is 0. The molecule has 1 amide bonds. The summed E-state index contributed by atoms with van der Waals surface area (Å²) < 4.78 is 1.97. The van der Waals surface area contributed by atoms with E-state index in [1.54, 1.807) is 4.90 Å². The number of carbonyl (C=O) groups is 1. The Balaban J connectivity index is 1.81. The summed E-state index contributed by atoms with van der Waals surface area (Å²) in [5.41, 5.74) is 3.59.